The second kappa shape index (κ2) is 16.9. The highest BCUT2D eigenvalue weighted by molar-refractivity contribution is 6.34. The zero-order valence-corrected chi connectivity index (χ0v) is 33.8. The molecule has 57 heavy (non-hydrogen) atoms. The van der Waals surface area contributed by atoms with E-state index in [0.717, 1.165) is 75.7 Å². The first-order valence-corrected chi connectivity index (χ1v) is 19.8. The highest BCUT2D eigenvalue weighted by Gasteiger charge is 2.38. The molecule has 2 aliphatic heterocycles. The van der Waals surface area contributed by atoms with Crippen LogP contribution in [0.3, 0.4) is 0 Å². The Hall–Kier alpha value is -5.47. The summed E-state index contributed by atoms with van der Waals surface area (Å²) in [7, 11) is 2.68. The molecule has 0 aliphatic carbocycles. The number of alkyl carbamates (subject to hydrolysis) is 1. The van der Waals surface area contributed by atoms with Crippen molar-refractivity contribution in [1.82, 2.24) is 35.1 Å². The summed E-state index contributed by atoms with van der Waals surface area (Å²) in [4.78, 5) is 73.3. The van der Waals surface area contributed by atoms with Crippen LogP contribution < -0.4 is 5.32 Å². The normalized spacial score (nSPS) is 18.3. The molecule has 2 saturated heterocycles. The van der Waals surface area contributed by atoms with Crippen LogP contribution in [0.2, 0.25) is 5.02 Å². The minimum Gasteiger partial charge on any atom is -0.453 e. The smallest absolute Gasteiger partial charge is 0.407 e. The van der Waals surface area contributed by atoms with Crippen LogP contribution in [0.5, 0.6) is 0 Å². The van der Waals surface area contributed by atoms with Gasteiger partial charge in [-0.2, -0.15) is 4.89 Å². The number of hydrogen-bond donors (Lipinski definition) is 3. The van der Waals surface area contributed by atoms with E-state index in [0.29, 0.717) is 23.9 Å². The van der Waals surface area contributed by atoms with E-state index in [1.54, 1.807) is 0 Å². The number of nitrogens with zero attached hydrogens (tertiary/aromatic N) is 5. The van der Waals surface area contributed by atoms with Gasteiger partial charge < -0.3 is 34.7 Å². The van der Waals surface area contributed by atoms with E-state index in [-0.39, 0.29) is 35.7 Å². The molecule has 3 amide bonds. The van der Waals surface area contributed by atoms with E-state index in [1.807, 2.05) is 61.9 Å². The molecule has 0 spiro atoms. The van der Waals surface area contributed by atoms with Crippen LogP contribution in [-0.4, -0.2) is 93.4 Å². The molecule has 5 aromatic rings. The van der Waals surface area contributed by atoms with Crippen LogP contribution >= 0.6 is 11.6 Å². The van der Waals surface area contributed by atoms with E-state index in [9.17, 15) is 14.4 Å². The van der Waals surface area contributed by atoms with Crippen LogP contribution in [0.25, 0.3) is 44.2 Å². The SMILES string of the molecule is COO/C=N\[C@H](C(=O)N1CCC[C@H]1c1nc2cc(-c3ccc4cc(-c5c[nH]c([C@@H]6CCCN6C(=O)[C@@H](NC(=O)OC)C(C)C)n5)ccc4c3)c(Cl)cc2[nH]1)C(C)C. The van der Waals surface area contributed by atoms with E-state index in [1.165, 1.54) is 20.6 Å². The van der Waals surface area contributed by atoms with Crippen molar-refractivity contribution in [2.45, 2.75) is 77.5 Å². The van der Waals surface area contributed by atoms with E-state index >= 15 is 0 Å². The maximum Gasteiger partial charge on any atom is 0.407 e. The van der Waals surface area contributed by atoms with Gasteiger partial charge in [0.2, 0.25) is 18.2 Å². The monoisotopic (exact) mass is 796 g/mol. The van der Waals surface area contributed by atoms with Crippen molar-refractivity contribution in [3.63, 3.8) is 0 Å². The minimum atomic E-state index is -0.696. The number of amides is 3. The highest BCUT2D eigenvalue weighted by atomic mass is 35.5. The van der Waals surface area contributed by atoms with Crippen molar-refractivity contribution in [2.24, 2.45) is 16.8 Å². The fraction of sp³-hybridized carbons (Fsp3) is 0.429. The van der Waals surface area contributed by atoms with Gasteiger partial charge in [0.1, 0.15) is 23.7 Å². The molecule has 3 N–H and O–H groups in total. The quantitative estimate of drug-likeness (QED) is 0.0499. The van der Waals surface area contributed by atoms with Crippen molar-refractivity contribution < 1.29 is 28.9 Å². The van der Waals surface area contributed by atoms with Gasteiger partial charge in [0, 0.05) is 30.4 Å². The number of methoxy groups -OCH3 is 1. The zero-order valence-electron chi connectivity index (χ0n) is 33.0. The third-order valence-corrected chi connectivity index (χ3v) is 11.3. The topological polar surface area (TPSA) is 167 Å². The number of aromatic nitrogens is 4. The van der Waals surface area contributed by atoms with Gasteiger partial charge in [0.05, 0.1) is 48.1 Å². The number of H-pyrrole nitrogens is 2. The molecule has 7 rings (SSSR count). The van der Waals surface area contributed by atoms with Crippen LogP contribution in [0.4, 0.5) is 4.79 Å². The summed E-state index contributed by atoms with van der Waals surface area (Å²) in [6.45, 7) is 8.92. The largest absolute Gasteiger partial charge is 0.453 e. The zero-order chi connectivity index (χ0) is 40.4. The number of benzene rings is 3. The number of carbonyl (C=O) groups excluding carboxylic acids is 3. The summed E-state index contributed by atoms with van der Waals surface area (Å²) in [6, 6.07) is 14.6. The summed E-state index contributed by atoms with van der Waals surface area (Å²) in [5.74, 6) is 1.07. The number of rotatable bonds is 12. The predicted octanol–water partition coefficient (Wildman–Crippen LogP) is 7.77. The number of fused-ring (bicyclic) bond motifs is 2. The first kappa shape index (κ1) is 39.8. The number of ether oxygens (including phenoxy) is 1. The van der Waals surface area contributed by atoms with Crippen molar-refractivity contribution in [2.75, 3.05) is 27.3 Å². The van der Waals surface area contributed by atoms with Gasteiger partial charge in [-0.25, -0.2) is 19.8 Å². The second-order valence-corrected chi connectivity index (χ2v) is 15.8. The fourth-order valence-corrected chi connectivity index (χ4v) is 8.26. The number of hydrogen-bond acceptors (Lipinski definition) is 9. The summed E-state index contributed by atoms with van der Waals surface area (Å²) in [5.41, 5.74) is 5.10. The lowest BCUT2D eigenvalue weighted by molar-refractivity contribution is -0.188. The second-order valence-electron chi connectivity index (χ2n) is 15.4. The van der Waals surface area contributed by atoms with Gasteiger partial charge in [0.25, 0.3) is 0 Å². The number of likely N-dealkylation sites (tertiary alicyclic amines) is 2. The standard InChI is InChI=1S/C42H49ClN8O6/c1-23(2)36(45-22-57-56-6)40(52)51-16-8-10-35(51)39-46-31-19-29(30(43)20-32(31)47-39)27-13-11-26-18-28(14-12-25(26)17-27)33-21-44-38(48-33)34-9-7-15-50(34)41(53)37(24(3)4)49-42(54)55-5/h11-14,17-24,34-37H,7-10,15-16H2,1-6H3,(H,44,48)(H,46,47)(H,49,54)/b45-22-/t34-,35-,36-,37-/m0/s1. The maximum absolute atomic E-state index is 13.7. The Balaban J connectivity index is 1.09. The van der Waals surface area contributed by atoms with Crippen LogP contribution in [0.1, 0.15) is 77.1 Å². The highest BCUT2D eigenvalue weighted by Crippen LogP contribution is 2.38. The van der Waals surface area contributed by atoms with Gasteiger partial charge in [-0.1, -0.05) is 63.6 Å². The van der Waals surface area contributed by atoms with Crippen molar-refractivity contribution in [3.8, 4) is 22.4 Å². The van der Waals surface area contributed by atoms with Gasteiger partial charge in [0.15, 0.2) is 0 Å². The van der Waals surface area contributed by atoms with Crippen molar-refractivity contribution in [3.05, 3.63) is 71.4 Å². The number of aliphatic imine (C=N–C) groups is 1. The Kier molecular flexibility index (Phi) is 11.8. The molecule has 2 fully saturated rings. The molecule has 15 heteroatoms. The number of imidazole rings is 2. The van der Waals surface area contributed by atoms with Gasteiger partial charge in [-0.05, 0) is 78.1 Å². The molecule has 2 aromatic heterocycles. The molecular weight excluding hydrogens is 748 g/mol. The minimum absolute atomic E-state index is 0.0336. The van der Waals surface area contributed by atoms with Gasteiger partial charge >= 0.3 is 6.09 Å². The first-order chi connectivity index (χ1) is 27.5. The Morgan fingerprint density at radius 1 is 0.877 bits per heavy atom. The third-order valence-electron chi connectivity index (χ3n) is 11.0. The van der Waals surface area contributed by atoms with Gasteiger partial charge in [-0.3, -0.25) is 9.59 Å². The summed E-state index contributed by atoms with van der Waals surface area (Å²) in [5, 5.41) is 5.36. The number of halogens is 1. The predicted molar refractivity (Wildman–Crippen MR) is 218 cm³/mol. The Morgan fingerprint density at radius 2 is 1.54 bits per heavy atom. The summed E-state index contributed by atoms with van der Waals surface area (Å²) in [6.07, 6.45) is 5.68. The van der Waals surface area contributed by atoms with Crippen molar-refractivity contribution >= 4 is 57.7 Å². The first-order valence-electron chi connectivity index (χ1n) is 19.4. The van der Waals surface area contributed by atoms with Crippen LogP contribution in [-0.2, 0) is 24.1 Å². The average molecular weight is 797 g/mol. The van der Waals surface area contributed by atoms with E-state index < -0.39 is 18.2 Å². The number of aromatic amines is 2. The average Bonchev–Trinajstić information content (AvgIpc) is 4.03. The fourth-order valence-electron chi connectivity index (χ4n) is 7.99. The Labute approximate surface area is 336 Å². The molecule has 300 valence electrons. The third kappa shape index (κ3) is 8.19. The molecule has 0 radical (unpaired) electrons. The summed E-state index contributed by atoms with van der Waals surface area (Å²) >= 11 is 6.92. The molecule has 4 heterocycles. The molecular formula is C42H49ClN8O6. The lowest BCUT2D eigenvalue weighted by Crippen LogP contribution is -2.51. The maximum atomic E-state index is 13.7. The molecule has 0 bridgehead atoms. The van der Waals surface area contributed by atoms with E-state index in [4.69, 9.17) is 31.2 Å². The van der Waals surface area contributed by atoms with Crippen LogP contribution in [0.15, 0.2) is 59.7 Å². The molecule has 0 saturated carbocycles. The molecule has 3 aromatic carbocycles. The molecule has 0 unspecified atom stereocenters. The lowest BCUT2D eigenvalue weighted by atomic mass is 9.99. The van der Waals surface area contributed by atoms with Gasteiger partial charge in [-0.15, -0.1) is 0 Å². The van der Waals surface area contributed by atoms with Crippen LogP contribution in [0, 0.1) is 11.8 Å². The Morgan fingerprint density at radius 3 is 2.21 bits per heavy atom. The molecule has 4 atom stereocenters. The Bertz CT molecular complexity index is 2300. The van der Waals surface area contributed by atoms with Crippen molar-refractivity contribution in [1.29, 1.82) is 0 Å². The summed E-state index contributed by atoms with van der Waals surface area (Å²) < 4.78 is 4.77. The number of carbonyl (C=O) groups is 3. The lowest BCUT2D eigenvalue weighted by Gasteiger charge is -2.29. The molecule has 2 aliphatic rings. The van der Waals surface area contributed by atoms with E-state index in [2.05, 4.69) is 55.5 Å². The number of nitrogens with one attached hydrogen (secondary N) is 3. The molecule has 14 nitrogen and oxygen atoms in total.